The summed E-state index contributed by atoms with van der Waals surface area (Å²) in [5, 5.41) is 64.7. The maximum Gasteiger partial charge on any atom is 0.232 e. The van der Waals surface area contributed by atoms with Gasteiger partial charge in [-0.2, -0.15) is 0 Å². The van der Waals surface area contributed by atoms with Crippen molar-refractivity contribution in [2.45, 2.75) is 462 Å². The van der Waals surface area contributed by atoms with Crippen molar-refractivity contribution in [1.29, 1.82) is 0 Å². The Morgan fingerprint density at radius 1 is 0.284 bits per heavy atom. The minimum atomic E-state index is -2.62. The second kappa shape index (κ2) is 58.2. The van der Waals surface area contributed by atoms with Gasteiger partial charge < -0.3 is 25.5 Å². The molecule has 0 saturated heterocycles. The molecule has 0 aromatic carbocycles. The molecule has 0 aliphatic rings. The lowest BCUT2D eigenvalue weighted by molar-refractivity contribution is -0.284. The van der Waals surface area contributed by atoms with Crippen molar-refractivity contribution < 1.29 is 35.1 Å². The van der Waals surface area contributed by atoms with Crippen LogP contribution in [0.25, 0.3) is 0 Å². The van der Waals surface area contributed by atoms with Crippen LogP contribution in [0.1, 0.15) is 433 Å². The van der Waals surface area contributed by atoms with Gasteiger partial charge in [0.05, 0.1) is 6.10 Å². The third-order valence-corrected chi connectivity index (χ3v) is 18.9. The van der Waals surface area contributed by atoms with Crippen LogP contribution in [-0.4, -0.2) is 66.1 Å². The van der Waals surface area contributed by atoms with Crippen molar-refractivity contribution in [2.75, 3.05) is 0 Å². The van der Waals surface area contributed by atoms with E-state index in [0.717, 1.165) is 96.3 Å². The molecule has 0 rings (SSSR count). The van der Waals surface area contributed by atoms with Gasteiger partial charge in [0.1, 0.15) is 17.3 Å². The van der Waals surface area contributed by atoms with Gasteiger partial charge in [-0.1, -0.05) is 388 Å². The van der Waals surface area contributed by atoms with Gasteiger partial charge in [0.25, 0.3) is 0 Å². The molecule has 0 aromatic rings. The van der Waals surface area contributed by atoms with Crippen LogP contribution in [0.5, 0.6) is 0 Å². The fraction of sp³-hybridized carbons (Fsp3) is 0.973. The number of Topliss-reactive ketones (excluding diaryl/α,β-unsaturated/α-hetero) is 2. The van der Waals surface area contributed by atoms with Crippen LogP contribution in [0.15, 0.2) is 0 Å². The molecular weight excluding hydrogens is 1000 g/mol. The number of carbonyl (C=O) groups is 2. The fourth-order valence-electron chi connectivity index (χ4n) is 13.2. The van der Waals surface area contributed by atoms with Gasteiger partial charge in [0.15, 0.2) is 5.60 Å². The van der Waals surface area contributed by atoms with Gasteiger partial charge >= 0.3 is 0 Å². The van der Waals surface area contributed by atoms with Crippen LogP contribution < -0.4 is 0 Å². The van der Waals surface area contributed by atoms with E-state index >= 15 is 0 Å². The lowest BCUT2D eigenvalue weighted by atomic mass is 9.60. The highest BCUT2D eigenvalue weighted by atomic mass is 16.4. The molecule has 0 aliphatic heterocycles. The minimum absolute atomic E-state index is 0.0590. The SMILES string of the molecule is CCCCCCCCCCCCCCCCC(O)[C@@H](O)[C@](O)(CCCCCCCCCCCCCCCC)[C@@](O)(CCCCCCCCCCCCCCCC)[C@](O)(CCCCCCCCCCCCCCCC)C(=O)C(=O)CCC. The average molecular weight is 1150 g/mol. The molecule has 5 atom stereocenters. The zero-order valence-corrected chi connectivity index (χ0v) is 55.5. The molecule has 81 heavy (non-hydrogen) atoms. The highest BCUT2D eigenvalue weighted by Crippen LogP contribution is 2.47. The molecule has 0 heterocycles. The first kappa shape index (κ1) is 80.1. The summed E-state index contributed by atoms with van der Waals surface area (Å²) in [4.78, 5) is 28.6. The minimum Gasteiger partial charge on any atom is -0.390 e. The van der Waals surface area contributed by atoms with Crippen molar-refractivity contribution in [1.82, 2.24) is 0 Å². The smallest absolute Gasteiger partial charge is 0.232 e. The molecule has 0 spiro atoms. The average Bonchev–Trinajstić information content (AvgIpc) is 3.55. The Hall–Kier alpha value is -0.860. The standard InChI is InChI=1S/C74H146O7/c1-6-11-15-19-23-27-31-35-39-43-47-51-55-59-64-69(76)71(78)73(80,66-61-57-53-49-45-41-37-33-29-25-21-17-13-8-3)74(81,67-62-58-54-50-46-42-38-34-30-26-22-18-14-9-4)72(79,70(77)68(75)63-10-5)65-60-56-52-48-44-40-36-32-28-24-20-16-12-7-2/h69,71,76,78-81H,6-67H2,1-5H3/t69?,71-,72+,73-,74-/m1/s1. The Labute approximate surface area is 506 Å². The number of ketones is 2. The van der Waals surface area contributed by atoms with E-state index in [1.54, 1.807) is 0 Å². The molecule has 0 aliphatic carbocycles. The fourth-order valence-corrected chi connectivity index (χ4v) is 13.2. The van der Waals surface area contributed by atoms with Crippen LogP contribution in [-0.2, 0) is 9.59 Å². The third kappa shape index (κ3) is 41.0. The van der Waals surface area contributed by atoms with Gasteiger partial charge in [-0.05, 0) is 38.5 Å². The Morgan fingerprint density at radius 3 is 0.765 bits per heavy atom. The van der Waals surface area contributed by atoms with Crippen molar-refractivity contribution in [3.05, 3.63) is 0 Å². The lowest BCUT2D eigenvalue weighted by Crippen LogP contribution is -2.76. The summed E-state index contributed by atoms with van der Waals surface area (Å²) in [6, 6.07) is 0. The van der Waals surface area contributed by atoms with Crippen molar-refractivity contribution in [3.63, 3.8) is 0 Å². The van der Waals surface area contributed by atoms with E-state index in [4.69, 9.17) is 0 Å². The molecule has 0 aromatic heterocycles. The molecule has 0 amide bonds. The van der Waals surface area contributed by atoms with E-state index in [1.807, 2.05) is 6.92 Å². The number of hydrogen-bond donors (Lipinski definition) is 5. The van der Waals surface area contributed by atoms with E-state index in [2.05, 4.69) is 27.7 Å². The summed E-state index contributed by atoms with van der Waals surface area (Å²) in [5.41, 5.74) is -7.60. The summed E-state index contributed by atoms with van der Waals surface area (Å²) < 4.78 is 0. The second-order valence-corrected chi connectivity index (χ2v) is 26.6. The Bertz CT molecular complexity index is 1320. The molecule has 7 heteroatoms. The topological polar surface area (TPSA) is 135 Å². The zero-order chi connectivity index (χ0) is 59.7. The van der Waals surface area contributed by atoms with E-state index in [9.17, 15) is 35.1 Å². The predicted molar refractivity (Wildman–Crippen MR) is 352 cm³/mol. The number of rotatable bonds is 68. The van der Waals surface area contributed by atoms with Crippen molar-refractivity contribution in [2.24, 2.45) is 0 Å². The first-order valence-electron chi connectivity index (χ1n) is 37.1. The van der Waals surface area contributed by atoms with Crippen LogP contribution in [0, 0.1) is 0 Å². The zero-order valence-electron chi connectivity index (χ0n) is 55.5. The molecule has 484 valence electrons. The quantitative estimate of drug-likeness (QED) is 0.0302. The van der Waals surface area contributed by atoms with E-state index < -0.39 is 40.6 Å². The predicted octanol–water partition coefficient (Wildman–Crippen LogP) is 22.3. The number of hydrogen-bond acceptors (Lipinski definition) is 7. The first-order valence-corrected chi connectivity index (χ1v) is 37.1. The number of unbranched alkanes of at least 4 members (excludes halogenated alkanes) is 52. The van der Waals surface area contributed by atoms with Gasteiger partial charge in [-0.15, -0.1) is 0 Å². The Kier molecular flexibility index (Phi) is 57.6. The summed E-state index contributed by atoms with van der Waals surface area (Å²) in [6.07, 6.45) is 61.9. The molecule has 7 nitrogen and oxygen atoms in total. The monoisotopic (exact) mass is 1150 g/mol. The van der Waals surface area contributed by atoms with E-state index in [1.165, 1.54) is 238 Å². The summed E-state index contributed by atoms with van der Waals surface area (Å²) in [5.74, 6) is -1.78. The van der Waals surface area contributed by atoms with Gasteiger partial charge in [0, 0.05) is 6.42 Å². The number of aliphatic hydroxyl groups is 5. The van der Waals surface area contributed by atoms with Gasteiger partial charge in [-0.25, -0.2) is 0 Å². The molecule has 0 fully saturated rings. The van der Waals surface area contributed by atoms with Crippen molar-refractivity contribution >= 4 is 11.6 Å². The molecule has 0 saturated carbocycles. The number of carbonyl (C=O) groups excluding carboxylic acids is 2. The third-order valence-electron chi connectivity index (χ3n) is 18.9. The van der Waals surface area contributed by atoms with Crippen LogP contribution in [0.2, 0.25) is 0 Å². The second-order valence-electron chi connectivity index (χ2n) is 26.6. The maximum atomic E-state index is 14.8. The number of aliphatic hydroxyl groups excluding tert-OH is 2. The molecule has 0 radical (unpaired) electrons. The van der Waals surface area contributed by atoms with Crippen LogP contribution in [0.4, 0.5) is 0 Å². The lowest BCUT2D eigenvalue weighted by Gasteiger charge is -2.54. The highest BCUT2D eigenvalue weighted by molar-refractivity contribution is 6.40. The van der Waals surface area contributed by atoms with Crippen LogP contribution in [0.3, 0.4) is 0 Å². The first-order chi connectivity index (χ1) is 39.5. The molecule has 0 bridgehead atoms. The summed E-state index contributed by atoms with van der Waals surface area (Å²) in [6.45, 7) is 10.9. The maximum absolute atomic E-state index is 14.8. The van der Waals surface area contributed by atoms with E-state index in [-0.39, 0.29) is 32.1 Å². The largest absolute Gasteiger partial charge is 0.390 e. The highest BCUT2D eigenvalue weighted by Gasteiger charge is 2.67. The molecule has 5 N–H and O–H groups in total. The molecule has 1 unspecified atom stereocenters. The van der Waals surface area contributed by atoms with Gasteiger partial charge in [0.2, 0.25) is 11.6 Å². The van der Waals surface area contributed by atoms with Gasteiger partial charge in [-0.3, -0.25) is 9.59 Å². The summed E-state index contributed by atoms with van der Waals surface area (Å²) >= 11 is 0. The summed E-state index contributed by atoms with van der Waals surface area (Å²) in [7, 11) is 0. The Balaban J connectivity index is 6.34. The van der Waals surface area contributed by atoms with Crippen molar-refractivity contribution in [3.8, 4) is 0 Å². The van der Waals surface area contributed by atoms with E-state index in [0.29, 0.717) is 32.1 Å². The van der Waals surface area contributed by atoms with Crippen LogP contribution >= 0.6 is 0 Å². The molecular formula is C74H146O7. The Morgan fingerprint density at radius 2 is 0.506 bits per heavy atom. The normalized spacial score (nSPS) is 14.9.